The number of fused-ring (bicyclic) bond motifs is 1. The Balaban J connectivity index is 1.66. The van der Waals surface area contributed by atoms with Crippen molar-refractivity contribution in [1.29, 1.82) is 0 Å². The zero-order valence-electron chi connectivity index (χ0n) is 14.7. The lowest BCUT2D eigenvalue weighted by Gasteiger charge is -2.15. The first-order valence-electron chi connectivity index (χ1n) is 8.90. The maximum atomic E-state index is 12.6. The van der Waals surface area contributed by atoms with Crippen LogP contribution in [-0.4, -0.2) is 26.9 Å². The Morgan fingerprint density at radius 1 is 1.00 bits per heavy atom. The number of rotatable bonds is 5. The van der Waals surface area contributed by atoms with Gasteiger partial charge in [0.15, 0.2) is 0 Å². The van der Waals surface area contributed by atoms with E-state index in [1.54, 1.807) is 0 Å². The molecule has 2 aromatic carbocycles. The molecule has 0 N–H and O–H groups in total. The van der Waals surface area contributed by atoms with Crippen LogP contribution in [-0.2, 0) is 6.67 Å². The molecule has 4 rings (SSSR count). The zero-order valence-corrected chi connectivity index (χ0v) is 16.2. The molecule has 5 heteroatoms. The van der Waals surface area contributed by atoms with Crippen LogP contribution in [0, 0.1) is 0 Å². The Morgan fingerprint density at radius 3 is 2.35 bits per heavy atom. The third-order valence-electron chi connectivity index (χ3n) is 4.76. The average molecular weight is 410 g/mol. The summed E-state index contributed by atoms with van der Waals surface area (Å²) in [6, 6.07) is 18.7. The summed E-state index contributed by atoms with van der Waals surface area (Å²) in [6.07, 6.45) is 2.09. The molecule has 0 atom stereocenters. The summed E-state index contributed by atoms with van der Waals surface area (Å²) in [4.78, 5) is 18.9. The molecule has 1 amide bonds. The molecule has 0 radical (unpaired) electrons. The van der Waals surface area contributed by atoms with Crippen LogP contribution in [0.15, 0.2) is 59.2 Å². The molecule has 1 aliphatic heterocycles. The molecule has 4 nitrogen and oxygen atoms in total. The van der Waals surface area contributed by atoms with Crippen LogP contribution >= 0.6 is 15.9 Å². The highest BCUT2D eigenvalue weighted by Gasteiger charge is 2.32. The third-order valence-corrected chi connectivity index (χ3v) is 5.32. The molecule has 0 aliphatic carbocycles. The van der Waals surface area contributed by atoms with E-state index in [-0.39, 0.29) is 5.91 Å². The summed E-state index contributed by atoms with van der Waals surface area (Å²) in [5, 5.41) is 0. The van der Waals surface area contributed by atoms with Gasteiger partial charge in [-0.25, -0.2) is 4.98 Å². The summed E-state index contributed by atoms with van der Waals surface area (Å²) < 4.78 is 2.74. The largest absolute Gasteiger partial charge is 0.318 e. The fraction of sp³-hybridized carbons (Fsp3) is 0.238. The van der Waals surface area contributed by atoms with E-state index in [2.05, 4.69) is 64.2 Å². The lowest BCUT2D eigenvalue weighted by atomic mass is 10.0. The number of nitrogens with zero attached hydrogens (tertiary/aromatic N) is 3. The number of carbonyl (C=O) groups excluding carboxylic acids is 1. The van der Waals surface area contributed by atoms with E-state index >= 15 is 0 Å². The highest BCUT2D eigenvalue weighted by molar-refractivity contribution is 9.10. The fourth-order valence-corrected chi connectivity index (χ4v) is 3.96. The average Bonchev–Trinajstić information content (AvgIpc) is 3.16. The predicted octanol–water partition coefficient (Wildman–Crippen LogP) is 5.19. The number of imidazole rings is 1. The number of aromatic nitrogens is 2. The smallest absolute Gasteiger partial charge is 0.291 e. The van der Waals surface area contributed by atoms with E-state index in [9.17, 15) is 4.79 Å². The van der Waals surface area contributed by atoms with Crippen LogP contribution in [0.25, 0.3) is 22.4 Å². The second-order valence-electron chi connectivity index (χ2n) is 6.51. The van der Waals surface area contributed by atoms with Gasteiger partial charge in [-0.15, -0.1) is 0 Å². The first-order valence-corrected chi connectivity index (χ1v) is 9.69. The molecule has 0 spiro atoms. The number of hydrogen-bond acceptors (Lipinski definition) is 2. The number of hydrogen-bond donors (Lipinski definition) is 0. The van der Waals surface area contributed by atoms with Crippen LogP contribution < -0.4 is 0 Å². The van der Waals surface area contributed by atoms with E-state index in [1.165, 1.54) is 11.1 Å². The number of unbranched alkanes of at least 4 members (excludes halogenated alkanes) is 1. The van der Waals surface area contributed by atoms with Crippen molar-refractivity contribution in [2.75, 3.05) is 6.54 Å². The summed E-state index contributed by atoms with van der Waals surface area (Å²) in [5.74, 6) is 0.543. The third kappa shape index (κ3) is 2.97. The van der Waals surface area contributed by atoms with E-state index in [4.69, 9.17) is 0 Å². The van der Waals surface area contributed by atoms with Crippen LogP contribution in [0.3, 0.4) is 0 Å². The topological polar surface area (TPSA) is 38.1 Å². The molecule has 1 aliphatic rings. The van der Waals surface area contributed by atoms with E-state index in [0.29, 0.717) is 12.5 Å². The van der Waals surface area contributed by atoms with Gasteiger partial charge < -0.3 is 9.47 Å². The van der Waals surface area contributed by atoms with E-state index < -0.39 is 0 Å². The minimum absolute atomic E-state index is 0.0197. The fourth-order valence-electron chi connectivity index (χ4n) is 3.35. The normalized spacial score (nSPS) is 13.3. The van der Waals surface area contributed by atoms with Crippen molar-refractivity contribution in [3.05, 3.63) is 65.0 Å². The van der Waals surface area contributed by atoms with Crippen molar-refractivity contribution >= 4 is 21.8 Å². The van der Waals surface area contributed by atoms with E-state index in [1.807, 2.05) is 27.7 Å². The quantitative estimate of drug-likeness (QED) is 0.581. The molecule has 1 aromatic heterocycles. The summed E-state index contributed by atoms with van der Waals surface area (Å²) in [7, 11) is 0. The van der Waals surface area contributed by atoms with Gasteiger partial charge in [0.2, 0.25) is 5.82 Å². The van der Waals surface area contributed by atoms with Crippen LogP contribution in [0.4, 0.5) is 0 Å². The molecule has 0 unspecified atom stereocenters. The minimum atomic E-state index is 0.0197. The van der Waals surface area contributed by atoms with Gasteiger partial charge in [0, 0.05) is 12.1 Å². The van der Waals surface area contributed by atoms with E-state index in [0.717, 1.165) is 35.2 Å². The number of halogens is 1. The lowest BCUT2D eigenvalue weighted by Crippen LogP contribution is -2.26. The molecule has 0 bridgehead atoms. The number of carbonyl (C=O) groups is 1. The van der Waals surface area contributed by atoms with Gasteiger partial charge in [-0.1, -0.05) is 67.9 Å². The summed E-state index contributed by atoms with van der Waals surface area (Å²) >= 11 is 3.54. The van der Waals surface area contributed by atoms with Gasteiger partial charge in [0.1, 0.15) is 4.60 Å². The maximum absolute atomic E-state index is 12.6. The highest BCUT2D eigenvalue weighted by atomic mass is 79.9. The highest BCUT2D eigenvalue weighted by Crippen LogP contribution is 2.34. The van der Waals surface area contributed by atoms with Crippen molar-refractivity contribution < 1.29 is 4.79 Å². The molecule has 26 heavy (non-hydrogen) atoms. The summed E-state index contributed by atoms with van der Waals surface area (Å²) in [6.45, 7) is 3.49. The Kier molecular flexibility index (Phi) is 4.64. The molecular weight excluding hydrogens is 390 g/mol. The van der Waals surface area contributed by atoms with Crippen LogP contribution in [0.5, 0.6) is 0 Å². The van der Waals surface area contributed by atoms with Gasteiger partial charge in [0.25, 0.3) is 5.91 Å². The van der Waals surface area contributed by atoms with Crippen molar-refractivity contribution in [3.8, 4) is 22.4 Å². The van der Waals surface area contributed by atoms with Crippen molar-refractivity contribution in [2.24, 2.45) is 0 Å². The second-order valence-corrected chi connectivity index (χ2v) is 7.26. The molecular formula is C21H20BrN3O. The number of amides is 1. The predicted molar refractivity (Wildman–Crippen MR) is 107 cm³/mol. The molecule has 0 saturated carbocycles. The van der Waals surface area contributed by atoms with Gasteiger partial charge in [-0.3, -0.25) is 4.79 Å². The number of benzene rings is 2. The standard InChI is InChI=1S/C21H20BrN3O/c1-2-3-13-24-14-25-18(19(22)23-20(25)21(24)26)17-11-9-16(10-12-17)15-7-5-4-6-8-15/h4-12H,2-3,13-14H2,1H3. The van der Waals surface area contributed by atoms with Crippen molar-refractivity contribution in [3.63, 3.8) is 0 Å². The van der Waals surface area contributed by atoms with Crippen molar-refractivity contribution in [2.45, 2.75) is 26.4 Å². The maximum Gasteiger partial charge on any atom is 0.291 e. The minimum Gasteiger partial charge on any atom is -0.318 e. The van der Waals surface area contributed by atoms with Gasteiger partial charge >= 0.3 is 0 Å². The van der Waals surface area contributed by atoms with Gasteiger partial charge in [-0.05, 0) is 33.5 Å². The Morgan fingerprint density at radius 2 is 1.65 bits per heavy atom. The van der Waals surface area contributed by atoms with Crippen LogP contribution in [0.1, 0.15) is 30.4 Å². The van der Waals surface area contributed by atoms with Gasteiger partial charge in [0.05, 0.1) is 12.4 Å². The Bertz CT molecular complexity index is 932. The first-order chi connectivity index (χ1) is 12.7. The first kappa shape index (κ1) is 17.0. The van der Waals surface area contributed by atoms with Crippen LogP contribution in [0.2, 0.25) is 0 Å². The molecule has 2 heterocycles. The Labute approximate surface area is 161 Å². The SMILES string of the molecule is CCCCN1Cn2c(nc(Br)c2-c2ccc(-c3ccccc3)cc2)C1=O. The summed E-state index contributed by atoms with van der Waals surface area (Å²) in [5.41, 5.74) is 4.39. The molecule has 0 fully saturated rings. The molecule has 3 aromatic rings. The second kappa shape index (κ2) is 7.08. The van der Waals surface area contributed by atoms with Gasteiger partial charge in [-0.2, -0.15) is 0 Å². The van der Waals surface area contributed by atoms with Crippen molar-refractivity contribution in [1.82, 2.24) is 14.5 Å². The monoisotopic (exact) mass is 409 g/mol. The molecule has 132 valence electrons. The lowest BCUT2D eigenvalue weighted by molar-refractivity contribution is 0.0763. The Hall–Kier alpha value is -2.40. The molecule has 0 saturated heterocycles. The zero-order chi connectivity index (χ0) is 18.1.